The van der Waals surface area contributed by atoms with Crippen molar-refractivity contribution in [1.29, 1.82) is 0 Å². The first-order chi connectivity index (χ1) is 9.75. The SMILES string of the molecule is NC(=S)CC(c1ccccc1)N1CCC2CCCCC21. The lowest BCUT2D eigenvalue weighted by Gasteiger charge is -2.37. The molecule has 3 rings (SSSR count). The van der Waals surface area contributed by atoms with E-state index in [-0.39, 0.29) is 0 Å². The van der Waals surface area contributed by atoms with Crippen molar-refractivity contribution < 1.29 is 0 Å². The van der Waals surface area contributed by atoms with Gasteiger partial charge in [0.05, 0.1) is 4.99 Å². The number of hydrogen-bond acceptors (Lipinski definition) is 2. The fourth-order valence-corrected chi connectivity index (χ4v) is 4.28. The molecule has 2 nitrogen and oxygen atoms in total. The Balaban J connectivity index is 1.84. The smallest absolute Gasteiger partial charge is 0.0746 e. The van der Waals surface area contributed by atoms with Crippen LogP contribution in [0.1, 0.15) is 50.1 Å². The maximum absolute atomic E-state index is 5.87. The highest BCUT2D eigenvalue weighted by atomic mass is 32.1. The third-order valence-electron chi connectivity index (χ3n) is 5.03. The average molecular weight is 288 g/mol. The fourth-order valence-electron chi connectivity index (χ4n) is 4.12. The van der Waals surface area contributed by atoms with Crippen molar-refractivity contribution in [2.45, 2.75) is 50.6 Å². The van der Waals surface area contributed by atoms with E-state index in [1.807, 2.05) is 0 Å². The highest BCUT2D eigenvalue weighted by Crippen LogP contribution is 2.41. The standard InChI is InChI=1S/C17H24N2S/c18-17(20)12-16(13-6-2-1-3-7-13)19-11-10-14-8-4-5-9-15(14)19/h1-3,6-7,14-16H,4-5,8-12H2,(H2,18,20). The number of nitrogens with two attached hydrogens (primary N) is 1. The van der Waals surface area contributed by atoms with E-state index in [9.17, 15) is 0 Å². The molecule has 3 heteroatoms. The first-order valence-electron chi connectivity index (χ1n) is 7.84. The first-order valence-corrected chi connectivity index (χ1v) is 8.25. The molecule has 3 unspecified atom stereocenters. The molecule has 3 atom stereocenters. The zero-order valence-electron chi connectivity index (χ0n) is 12.0. The molecule has 108 valence electrons. The number of benzene rings is 1. The van der Waals surface area contributed by atoms with Crippen LogP contribution in [0.25, 0.3) is 0 Å². The van der Waals surface area contributed by atoms with Crippen molar-refractivity contribution in [1.82, 2.24) is 4.90 Å². The number of hydrogen-bond donors (Lipinski definition) is 1. The minimum atomic E-state index is 0.377. The average Bonchev–Trinajstić information content (AvgIpc) is 2.89. The van der Waals surface area contributed by atoms with Gasteiger partial charge in [0.25, 0.3) is 0 Å². The van der Waals surface area contributed by atoms with Gasteiger partial charge in [0, 0.05) is 18.5 Å². The van der Waals surface area contributed by atoms with Crippen LogP contribution in [-0.4, -0.2) is 22.5 Å². The molecule has 20 heavy (non-hydrogen) atoms. The summed E-state index contributed by atoms with van der Waals surface area (Å²) < 4.78 is 0. The predicted octanol–water partition coefficient (Wildman–Crippen LogP) is 3.67. The van der Waals surface area contributed by atoms with Crippen molar-refractivity contribution in [2.24, 2.45) is 11.7 Å². The van der Waals surface area contributed by atoms with Gasteiger partial charge in [0.2, 0.25) is 0 Å². The molecule has 2 N–H and O–H groups in total. The molecule has 1 saturated heterocycles. The van der Waals surface area contributed by atoms with E-state index >= 15 is 0 Å². The van der Waals surface area contributed by atoms with Crippen LogP contribution in [0.4, 0.5) is 0 Å². The molecule has 1 heterocycles. The van der Waals surface area contributed by atoms with Gasteiger partial charge < -0.3 is 5.73 Å². The molecule has 1 saturated carbocycles. The zero-order chi connectivity index (χ0) is 13.9. The molecule has 1 aromatic carbocycles. The molecular formula is C17H24N2S. The second-order valence-corrected chi connectivity index (χ2v) is 6.76. The Kier molecular flexibility index (Phi) is 4.37. The van der Waals surface area contributed by atoms with Gasteiger partial charge in [-0.2, -0.15) is 0 Å². The number of rotatable bonds is 4. The van der Waals surface area contributed by atoms with Gasteiger partial charge in [-0.3, -0.25) is 4.90 Å². The summed E-state index contributed by atoms with van der Waals surface area (Å²) in [6.07, 6.45) is 7.72. The van der Waals surface area contributed by atoms with E-state index in [0.29, 0.717) is 11.0 Å². The maximum Gasteiger partial charge on any atom is 0.0746 e. The molecule has 0 spiro atoms. The summed E-state index contributed by atoms with van der Waals surface area (Å²) >= 11 is 5.21. The molecular weight excluding hydrogens is 264 g/mol. The summed E-state index contributed by atoms with van der Waals surface area (Å²) in [4.78, 5) is 3.33. The monoisotopic (exact) mass is 288 g/mol. The Morgan fingerprint density at radius 2 is 1.95 bits per heavy atom. The quantitative estimate of drug-likeness (QED) is 0.857. The number of thiocarbonyl (C=S) groups is 1. The number of nitrogens with zero attached hydrogens (tertiary/aromatic N) is 1. The molecule has 2 aliphatic rings. The van der Waals surface area contributed by atoms with Crippen molar-refractivity contribution >= 4 is 17.2 Å². The molecule has 0 amide bonds. The van der Waals surface area contributed by atoms with E-state index in [1.165, 1.54) is 44.2 Å². The molecule has 1 aromatic rings. The Labute approximate surface area is 127 Å². The van der Waals surface area contributed by atoms with Crippen LogP contribution in [0.5, 0.6) is 0 Å². The molecule has 1 aliphatic carbocycles. The van der Waals surface area contributed by atoms with Gasteiger partial charge in [0.15, 0.2) is 0 Å². The van der Waals surface area contributed by atoms with E-state index in [0.717, 1.165) is 18.4 Å². The molecule has 0 radical (unpaired) electrons. The van der Waals surface area contributed by atoms with Gasteiger partial charge in [0.1, 0.15) is 0 Å². The Morgan fingerprint density at radius 1 is 1.20 bits per heavy atom. The highest BCUT2D eigenvalue weighted by Gasteiger charge is 2.39. The van der Waals surface area contributed by atoms with Crippen molar-refractivity contribution in [3.8, 4) is 0 Å². The largest absolute Gasteiger partial charge is 0.393 e. The van der Waals surface area contributed by atoms with Gasteiger partial charge in [-0.25, -0.2) is 0 Å². The summed E-state index contributed by atoms with van der Waals surface area (Å²) in [5.74, 6) is 0.904. The van der Waals surface area contributed by atoms with Crippen LogP contribution >= 0.6 is 12.2 Å². The summed E-state index contributed by atoms with van der Waals surface area (Å²) in [5, 5.41) is 0. The van der Waals surface area contributed by atoms with Crippen LogP contribution in [0.15, 0.2) is 30.3 Å². The van der Waals surface area contributed by atoms with Gasteiger partial charge >= 0.3 is 0 Å². The third kappa shape index (κ3) is 2.89. The maximum atomic E-state index is 5.87. The molecule has 0 aromatic heterocycles. The van der Waals surface area contributed by atoms with E-state index in [2.05, 4.69) is 35.2 Å². The van der Waals surface area contributed by atoms with Gasteiger partial charge in [-0.05, 0) is 37.3 Å². The fraction of sp³-hybridized carbons (Fsp3) is 0.588. The minimum Gasteiger partial charge on any atom is -0.393 e. The van der Waals surface area contributed by atoms with Crippen LogP contribution < -0.4 is 5.73 Å². The van der Waals surface area contributed by atoms with E-state index in [4.69, 9.17) is 18.0 Å². The first kappa shape index (κ1) is 14.0. The normalized spacial score (nSPS) is 28.0. The predicted molar refractivity (Wildman–Crippen MR) is 87.7 cm³/mol. The number of likely N-dealkylation sites (tertiary alicyclic amines) is 1. The summed E-state index contributed by atoms with van der Waals surface area (Å²) in [5.41, 5.74) is 7.24. The lowest BCUT2D eigenvalue weighted by atomic mass is 9.84. The minimum absolute atomic E-state index is 0.377. The summed E-state index contributed by atoms with van der Waals surface area (Å²) in [6.45, 7) is 1.21. The van der Waals surface area contributed by atoms with Crippen molar-refractivity contribution in [3.63, 3.8) is 0 Å². The van der Waals surface area contributed by atoms with Crippen LogP contribution in [0, 0.1) is 5.92 Å². The highest BCUT2D eigenvalue weighted by molar-refractivity contribution is 7.80. The lowest BCUT2D eigenvalue weighted by Crippen LogP contribution is -2.39. The Bertz CT molecular complexity index is 459. The van der Waals surface area contributed by atoms with Gasteiger partial charge in [-0.1, -0.05) is 55.4 Å². The van der Waals surface area contributed by atoms with E-state index in [1.54, 1.807) is 0 Å². The third-order valence-corrected chi connectivity index (χ3v) is 5.20. The lowest BCUT2D eigenvalue weighted by molar-refractivity contribution is 0.135. The molecule has 1 aliphatic heterocycles. The zero-order valence-corrected chi connectivity index (χ0v) is 12.8. The molecule has 2 fully saturated rings. The van der Waals surface area contributed by atoms with Crippen molar-refractivity contribution in [2.75, 3.05) is 6.54 Å². The van der Waals surface area contributed by atoms with Crippen molar-refractivity contribution in [3.05, 3.63) is 35.9 Å². The van der Waals surface area contributed by atoms with Gasteiger partial charge in [-0.15, -0.1) is 0 Å². The number of fused-ring (bicyclic) bond motifs is 1. The topological polar surface area (TPSA) is 29.3 Å². The van der Waals surface area contributed by atoms with Crippen LogP contribution in [-0.2, 0) is 0 Å². The van der Waals surface area contributed by atoms with Crippen LogP contribution in [0.3, 0.4) is 0 Å². The Hall–Kier alpha value is -0.930. The summed E-state index contributed by atoms with van der Waals surface area (Å²) in [7, 11) is 0. The van der Waals surface area contributed by atoms with Crippen LogP contribution in [0.2, 0.25) is 0 Å². The summed E-state index contributed by atoms with van der Waals surface area (Å²) in [6, 6.07) is 11.9. The Morgan fingerprint density at radius 3 is 2.70 bits per heavy atom. The second kappa shape index (κ2) is 6.23. The second-order valence-electron chi connectivity index (χ2n) is 6.24. The van der Waals surface area contributed by atoms with E-state index < -0.39 is 0 Å². The molecule has 0 bridgehead atoms.